The van der Waals surface area contributed by atoms with Crippen LogP contribution in [0.15, 0.2) is 0 Å². The summed E-state index contributed by atoms with van der Waals surface area (Å²) in [4.78, 5) is 13.4. The molecule has 1 amide bonds. The van der Waals surface area contributed by atoms with Crippen LogP contribution in [0.3, 0.4) is 0 Å². The lowest BCUT2D eigenvalue weighted by Crippen LogP contribution is -2.41. The number of aliphatic hydroxyl groups excluding tert-OH is 1. The molecule has 1 aliphatic carbocycles. The highest BCUT2D eigenvalue weighted by Crippen LogP contribution is 2.38. The van der Waals surface area contributed by atoms with Gasteiger partial charge in [-0.05, 0) is 26.2 Å². The highest BCUT2D eigenvalue weighted by molar-refractivity contribution is 5.82. The number of carbonyl (C=O) groups is 1. The smallest absolute Gasteiger partial charge is 0.226 e. The number of amides is 1. The third kappa shape index (κ3) is 1.12. The summed E-state index contributed by atoms with van der Waals surface area (Å²) in [7, 11) is 0. The van der Waals surface area contributed by atoms with Gasteiger partial charge in [0.1, 0.15) is 0 Å². The zero-order valence-corrected chi connectivity index (χ0v) is 7.36. The number of nitrogens with zero attached hydrogens (tertiary/aromatic N) is 1. The summed E-state index contributed by atoms with van der Waals surface area (Å²) in [6.07, 6.45) is 2.86. The van der Waals surface area contributed by atoms with Gasteiger partial charge in [0.25, 0.3) is 0 Å². The fraction of sp³-hybridized carbons (Fsp3) is 0.889. The van der Waals surface area contributed by atoms with Crippen LogP contribution >= 0.6 is 0 Å². The van der Waals surface area contributed by atoms with Crippen LogP contribution in [0.5, 0.6) is 0 Å². The van der Waals surface area contributed by atoms with Crippen LogP contribution < -0.4 is 0 Å². The Bertz CT molecular complexity index is 203. The van der Waals surface area contributed by atoms with E-state index >= 15 is 0 Å². The van der Waals surface area contributed by atoms with Gasteiger partial charge in [0.05, 0.1) is 6.10 Å². The summed E-state index contributed by atoms with van der Waals surface area (Å²) in [6.45, 7) is 2.26. The standard InChI is InChI=1S/C9H15NO2/c1-6(11)5-10-8-3-2-7(4-8)9(10)12/h6-8,11H,2-5H2,1H3. The minimum absolute atomic E-state index is 0.271. The third-order valence-electron chi connectivity index (χ3n) is 2.94. The molecule has 2 rings (SSSR count). The van der Waals surface area contributed by atoms with E-state index in [0.29, 0.717) is 12.6 Å². The fourth-order valence-corrected chi connectivity index (χ4v) is 2.40. The zero-order chi connectivity index (χ0) is 8.72. The summed E-state index contributed by atoms with van der Waals surface area (Å²) in [5, 5.41) is 9.16. The zero-order valence-electron chi connectivity index (χ0n) is 7.36. The first-order chi connectivity index (χ1) is 5.68. The van der Waals surface area contributed by atoms with Crippen LogP contribution in [0, 0.1) is 5.92 Å². The molecular formula is C9H15NO2. The Hall–Kier alpha value is -0.570. The van der Waals surface area contributed by atoms with E-state index in [4.69, 9.17) is 5.11 Å². The van der Waals surface area contributed by atoms with Crippen molar-refractivity contribution in [2.75, 3.05) is 6.54 Å². The minimum Gasteiger partial charge on any atom is -0.392 e. The first kappa shape index (κ1) is 8.05. The topological polar surface area (TPSA) is 40.5 Å². The molecule has 3 heteroatoms. The molecule has 3 atom stereocenters. The van der Waals surface area contributed by atoms with Crippen molar-refractivity contribution in [2.24, 2.45) is 5.92 Å². The van der Waals surface area contributed by atoms with Gasteiger partial charge in [0, 0.05) is 18.5 Å². The van der Waals surface area contributed by atoms with Crippen molar-refractivity contribution in [3.8, 4) is 0 Å². The molecular weight excluding hydrogens is 154 g/mol. The fourth-order valence-electron chi connectivity index (χ4n) is 2.40. The van der Waals surface area contributed by atoms with Gasteiger partial charge in [-0.2, -0.15) is 0 Å². The predicted octanol–water partition coefficient (Wildman–Crippen LogP) is 0.378. The van der Waals surface area contributed by atoms with Gasteiger partial charge in [-0.3, -0.25) is 4.79 Å². The monoisotopic (exact) mass is 169 g/mol. The number of rotatable bonds is 2. The molecule has 0 radical (unpaired) electrons. The van der Waals surface area contributed by atoms with E-state index in [9.17, 15) is 4.79 Å². The second-order valence-electron chi connectivity index (χ2n) is 4.00. The van der Waals surface area contributed by atoms with Crippen molar-refractivity contribution in [3.63, 3.8) is 0 Å². The Morgan fingerprint density at radius 1 is 1.67 bits per heavy atom. The molecule has 3 nitrogen and oxygen atoms in total. The molecule has 2 fully saturated rings. The van der Waals surface area contributed by atoms with Crippen LogP contribution in [-0.2, 0) is 4.79 Å². The number of hydrogen-bond acceptors (Lipinski definition) is 2. The molecule has 1 heterocycles. The van der Waals surface area contributed by atoms with Gasteiger partial charge in [-0.1, -0.05) is 0 Å². The molecule has 1 saturated carbocycles. The third-order valence-corrected chi connectivity index (χ3v) is 2.94. The van der Waals surface area contributed by atoms with Crippen LogP contribution in [0.2, 0.25) is 0 Å². The molecule has 2 bridgehead atoms. The average Bonchev–Trinajstić information content (AvgIpc) is 2.53. The predicted molar refractivity (Wildman–Crippen MR) is 44.5 cm³/mol. The molecule has 68 valence electrons. The summed E-state index contributed by atoms with van der Waals surface area (Å²) in [5.41, 5.74) is 0. The van der Waals surface area contributed by atoms with Gasteiger partial charge >= 0.3 is 0 Å². The maximum atomic E-state index is 11.5. The molecule has 1 saturated heterocycles. The minimum atomic E-state index is -0.381. The maximum absolute atomic E-state index is 11.5. The summed E-state index contributed by atoms with van der Waals surface area (Å²) >= 11 is 0. The lowest BCUT2D eigenvalue weighted by molar-refractivity contribution is -0.135. The number of carbonyl (C=O) groups excluding carboxylic acids is 1. The molecule has 3 unspecified atom stereocenters. The van der Waals surface area contributed by atoms with Gasteiger partial charge in [0.15, 0.2) is 0 Å². The Morgan fingerprint density at radius 3 is 2.92 bits per heavy atom. The van der Waals surface area contributed by atoms with E-state index < -0.39 is 0 Å². The van der Waals surface area contributed by atoms with Crippen molar-refractivity contribution in [1.29, 1.82) is 0 Å². The number of piperidine rings is 1. The molecule has 0 aromatic rings. The highest BCUT2D eigenvalue weighted by atomic mass is 16.3. The Balaban J connectivity index is 2.02. The van der Waals surface area contributed by atoms with E-state index in [1.807, 2.05) is 4.90 Å². The van der Waals surface area contributed by atoms with Crippen LogP contribution in [0.4, 0.5) is 0 Å². The van der Waals surface area contributed by atoms with Crippen molar-refractivity contribution < 1.29 is 9.90 Å². The molecule has 0 spiro atoms. The number of fused-ring (bicyclic) bond motifs is 2. The second-order valence-corrected chi connectivity index (χ2v) is 4.00. The molecule has 12 heavy (non-hydrogen) atoms. The van der Waals surface area contributed by atoms with Crippen LogP contribution in [-0.4, -0.2) is 34.6 Å². The summed E-state index contributed by atoms with van der Waals surface area (Å²) in [5.74, 6) is 0.556. The first-order valence-electron chi connectivity index (χ1n) is 4.67. The number of hydrogen-bond donors (Lipinski definition) is 1. The lowest BCUT2D eigenvalue weighted by Gasteiger charge is -2.28. The maximum Gasteiger partial charge on any atom is 0.226 e. The van der Waals surface area contributed by atoms with E-state index in [0.717, 1.165) is 19.3 Å². The van der Waals surface area contributed by atoms with Crippen molar-refractivity contribution in [1.82, 2.24) is 4.90 Å². The Kier molecular flexibility index (Phi) is 1.83. The van der Waals surface area contributed by atoms with Crippen LogP contribution in [0.25, 0.3) is 0 Å². The van der Waals surface area contributed by atoms with E-state index in [2.05, 4.69) is 0 Å². The Morgan fingerprint density at radius 2 is 2.42 bits per heavy atom. The van der Waals surface area contributed by atoms with E-state index in [1.54, 1.807) is 6.92 Å². The molecule has 1 N–H and O–H groups in total. The van der Waals surface area contributed by atoms with Gasteiger partial charge in [-0.25, -0.2) is 0 Å². The number of aliphatic hydroxyl groups is 1. The molecule has 1 aliphatic heterocycles. The van der Waals surface area contributed by atoms with Gasteiger partial charge < -0.3 is 10.0 Å². The van der Waals surface area contributed by atoms with Gasteiger partial charge in [-0.15, -0.1) is 0 Å². The van der Waals surface area contributed by atoms with Crippen molar-refractivity contribution in [2.45, 2.75) is 38.3 Å². The normalized spacial score (nSPS) is 36.2. The van der Waals surface area contributed by atoms with E-state index in [1.165, 1.54) is 0 Å². The Labute approximate surface area is 72.4 Å². The summed E-state index contributed by atoms with van der Waals surface area (Å²) < 4.78 is 0. The van der Waals surface area contributed by atoms with Crippen molar-refractivity contribution in [3.05, 3.63) is 0 Å². The first-order valence-corrected chi connectivity index (χ1v) is 4.67. The highest BCUT2D eigenvalue weighted by Gasteiger charge is 2.44. The lowest BCUT2D eigenvalue weighted by atomic mass is 10.1. The average molecular weight is 169 g/mol. The largest absolute Gasteiger partial charge is 0.392 e. The molecule has 2 aliphatic rings. The number of likely N-dealkylation sites (tertiary alicyclic amines) is 1. The quantitative estimate of drug-likeness (QED) is 0.649. The summed E-state index contributed by atoms with van der Waals surface area (Å²) in [6, 6.07) is 0.442. The van der Waals surface area contributed by atoms with Crippen molar-refractivity contribution >= 4 is 5.91 Å². The molecule has 0 aromatic carbocycles. The van der Waals surface area contributed by atoms with Crippen LogP contribution in [0.1, 0.15) is 26.2 Å². The SMILES string of the molecule is CC(O)CN1C(=O)C2CCC1C2. The number of β-amino-alcohol motifs (C(OH)–C–C–N with tert-alkyl or cyclic N) is 1. The van der Waals surface area contributed by atoms with Gasteiger partial charge in [0.2, 0.25) is 5.91 Å². The second kappa shape index (κ2) is 2.73. The van der Waals surface area contributed by atoms with E-state index in [-0.39, 0.29) is 17.9 Å². The molecule has 0 aromatic heterocycles.